The standard InChI is InChI=1S/C14H22N2O2S/c1-10(2)12-7-13(8-12)16-9-11-4-3-5-14(6-11)19(15,17)18/h3-6,10,12-13,16H,7-9H2,1-2H3,(H2,15,17,18). The van der Waals surface area contributed by atoms with Gasteiger partial charge in [-0.2, -0.15) is 0 Å². The smallest absolute Gasteiger partial charge is 0.238 e. The summed E-state index contributed by atoms with van der Waals surface area (Å²) in [7, 11) is -3.60. The Balaban J connectivity index is 1.88. The van der Waals surface area contributed by atoms with Crippen LogP contribution < -0.4 is 10.5 Å². The Morgan fingerprint density at radius 1 is 1.37 bits per heavy atom. The van der Waals surface area contributed by atoms with Crippen molar-refractivity contribution in [1.82, 2.24) is 5.32 Å². The minimum Gasteiger partial charge on any atom is -0.310 e. The Morgan fingerprint density at radius 2 is 2.05 bits per heavy atom. The molecule has 0 radical (unpaired) electrons. The van der Waals surface area contributed by atoms with Gasteiger partial charge in [0.1, 0.15) is 0 Å². The van der Waals surface area contributed by atoms with Crippen LogP contribution in [-0.4, -0.2) is 14.5 Å². The summed E-state index contributed by atoms with van der Waals surface area (Å²) < 4.78 is 22.5. The molecule has 106 valence electrons. The van der Waals surface area contributed by atoms with Gasteiger partial charge in [0.25, 0.3) is 0 Å². The van der Waals surface area contributed by atoms with Crippen molar-refractivity contribution in [3.05, 3.63) is 29.8 Å². The van der Waals surface area contributed by atoms with Gasteiger partial charge in [0, 0.05) is 12.6 Å². The van der Waals surface area contributed by atoms with Crippen LogP contribution in [0.2, 0.25) is 0 Å². The molecule has 4 nitrogen and oxygen atoms in total. The van der Waals surface area contributed by atoms with Crippen molar-refractivity contribution in [3.63, 3.8) is 0 Å². The van der Waals surface area contributed by atoms with Crippen molar-refractivity contribution in [3.8, 4) is 0 Å². The first-order valence-corrected chi connectivity index (χ1v) is 8.26. The lowest BCUT2D eigenvalue weighted by Crippen LogP contribution is -2.42. The largest absolute Gasteiger partial charge is 0.310 e. The molecule has 2 rings (SSSR count). The monoisotopic (exact) mass is 282 g/mol. The number of nitrogens with one attached hydrogen (secondary N) is 1. The van der Waals surface area contributed by atoms with E-state index in [4.69, 9.17) is 5.14 Å². The molecule has 19 heavy (non-hydrogen) atoms. The quantitative estimate of drug-likeness (QED) is 0.866. The van der Waals surface area contributed by atoms with Crippen LogP contribution >= 0.6 is 0 Å². The molecule has 0 amide bonds. The first-order chi connectivity index (χ1) is 8.86. The van der Waals surface area contributed by atoms with E-state index in [0.29, 0.717) is 12.6 Å². The number of rotatable bonds is 5. The van der Waals surface area contributed by atoms with Gasteiger partial charge in [0.05, 0.1) is 4.90 Å². The molecular formula is C14H22N2O2S. The molecule has 1 aromatic carbocycles. The number of hydrogen-bond acceptors (Lipinski definition) is 3. The van der Waals surface area contributed by atoms with Crippen LogP contribution in [0.15, 0.2) is 29.2 Å². The molecule has 0 aromatic heterocycles. The third-order valence-electron chi connectivity index (χ3n) is 3.94. The van der Waals surface area contributed by atoms with Crippen molar-refractivity contribution >= 4 is 10.0 Å². The maximum atomic E-state index is 11.3. The Labute approximate surface area is 115 Å². The van der Waals surface area contributed by atoms with Gasteiger partial charge in [-0.1, -0.05) is 26.0 Å². The summed E-state index contributed by atoms with van der Waals surface area (Å²) >= 11 is 0. The van der Waals surface area contributed by atoms with Crippen molar-refractivity contribution in [1.29, 1.82) is 0 Å². The number of benzene rings is 1. The maximum absolute atomic E-state index is 11.3. The highest BCUT2D eigenvalue weighted by atomic mass is 32.2. The number of sulfonamides is 1. The Bertz CT molecular complexity index is 534. The highest BCUT2D eigenvalue weighted by Gasteiger charge is 2.30. The fourth-order valence-electron chi connectivity index (χ4n) is 2.47. The normalized spacial score (nSPS) is 23.4. The van der Waals surface area contributed by atoms with Gasteiger partial charge in [-0.05, 0) is 42.4 Å². The molecule has 0 spiro atoms. The van der Waals surface area contributed by atoms with Crippen LogP contribution in [0.4, 0.5) is 0 Å². The van der Waals surface area contributed by atoms with Gasteiger partial charge < -0.3 is 5.32 Å². The van der Waals surface area contributed by atoms with E-state index in [9.17, 15) is 8.42 Å². The van der Waals surface area contributed by atoms with E-state index in [1.165, 1.54) is 18.9 Å². The zero-order valence-corrected chi connectivity index (χ0v) is 12.3. The summed E-state index contributed by atoms with van der Waals surface area (Å²) in [5, 5.41) is 8.59. The second kappa shape index (κ2) is 5.61. The molecule has 0 heterocycles. The average molecular weight is 282 g/mol. The molecule has 0 saturated heterocycles. The molecule has 0 bridgehead atoms. The van der Waals surface area contributed by atoms with E-state index in [-0.39, 0.29) is 4.90 Å². The minimum absolute atomic E-state index is 0.181. The zero-order valence-electron chi connectivity index (χ0n) is 11.5. The van der Waals surface area contributed by atoms with E-state index in [1.54, 1.807) is 12.1 Å². The van der Waals surface area contributed by atoms with Gasteiger partial charge >= 0.3 is 0 Å². The molecule has 3 N–H and O–H groups in total. The van der Waals surface area contributed by atoms with Gasteiger partial charge in [0.15, 0.2) is 0 Å². The Kier molecular flexibility index (Phi) is 4.28. The van der Waals surface area contributed by atoms with Crippen LogP contribution in [0.3, 0.4) is 0 Å². The summed E-state index contributed by atoms with van der Waals surface area (Å²) in [6.45, 7) is 5.21. The van der Waals surface area contributed by atoms with E-state index >= 15 is 0 Å². The summed E-state index contributed by atoms with van der Waals surface area (Å²) in [6.07, 6.45) is 2.43. The highest BCUT2D eigenvalue weighted by Crippen LogP contribution is 2.33. The van der Waals surface area contributed by atoms with Crippen LogP contribution in [-0.2, 0) is 16.6 Å². The molecule has 1 saturated carbocycles. The molecule has 5 heteroatoms. The summed E-state index contributed by atoms with van der Waals surface area (Å²) in [4.78, 5) is 0.181. The fraction of sp³-hybridized carbons (Fsp3) is 0.571. The van der Waals surface area contributed by atoms with Crippen LogP contribution in [0.25, 0.3) is 0 Å². The maximum Gasteiger partial charge on any atom is 0.238 e. The lowest BCUT2D eigenvalue weighted by Gasteiger charge is -2.38. The minimum atomic E-state index is -3.60. The van der Waals surface area contributed by atoms with Gasteiger partial charge in [-0.15, -0.1) is 0 Å². The number of primary sulfonamides is 1. The van der Waals surface area contributed by atoms with Crippen molar-refractivity contribution in [2.24, 2.45) is 17.0 Å². The zero-order chi connectivity index (χ0) is 14.0. The fourth-order valence-corrected chi connectivity index (χ4v) is 3.05. The third-order valence-corrected chi connectivity index (χ3v) is 4.85. The Morgan fingerprint density at radius 3 is 2.63 bits per heavy atom. The third kappa shape index (κ3) is 3.78. The Hall–Kier alpha value is -0.910. The summed E-state index contributed by atoms with van der Waals surface area (Å²) in [5.74, 6) is 1.58. The van der Waals surface area contributed by atoms with E-state index in [2.05, 4.69) is 19.2 Å². The van der Waals surface area contributed by atoms with E-state index < -0.39 is 10.0 Å². The molecular weight excluding hydrogens is 260 g/mol. The molecule has 1 aliphatic carbocycles. The van der Waals surface area contributed by atoms with Gasteiger partial charge in [-0.3, -0.25) is 0 Å². The van der Waals surface area contributed by atoms with Crippen LogP contribution in [0.1, 0.15) is 32.3 Å². The number of nitrogens with two attached hydrogens (primary N) is 1. The van der Waals surface area contributed by atoms with Crippen LogP contribution in [0, 0.1) is 11.8 Å². The lowest BCUT2D eigenvalue weighted by molar-refractivity contribution is 0.167. The van der Waals surface area contributed by atoms with Gasteiger partial charge in [0.2, 0.25) is 10.0 Å². The highest BCUT2D eigenvalue weighted by molar-refractivity contribution is 7.89. The molecule has 1 fully saturated rings. The van der Waals surface area contributed by atoms with Gasteiger partial charge in [-0.25, -0.2) is 13.6 Å². The van der Waals surface area contributed by atoms with Crippen molar-refractivity contribution < 1.29 is 8.42 Å². The summed E-state index contributed by atoms with van der Waals surface area (Å²) in [5.41, 5.74) is 0.958. The van der Waals surface area contributed by atoms with Crippen LogP contribution in [0.5, 0.6) is 0 Å². The lowest BCUT2D eigenvalue weighted by atomic mass is 9.73. The second-order valence-electron chi connectivity index (χ2n) is 5.75. The van der Waals surface area contributed by atoms with E-state index in [0.717, 1.165) is 17.4 Å². The molecule has 0 unspecified atom stereocenters. The summed E-state index contributed by atoms with van der Waals surface area (Å²) in [6, 6.07) is 7.37. The SMILES string of the molecule is CC(C)C1CC(NCc2cccc(S(N)(=O)=O)c2)C1. The first kappa shape index (κ1) is 14.5. The molecule has 0 atom stereocenters. The van der Waals surface area contributed by atoms with E-state index in [1.807, 2.05) is 6.07 Å². The predicted octanol–water partition coefficient (Wildman–Crippen LogP) is 1.86. The first-order valence-electron chi connectivity index (χ1n) is 6.71. The second-order valence-corrected chi connectivity index (χ2v) is 7.31. The number of hydrogen-bond donors (Lipinski definition) is 2. The molecule has 1 aliphatic rings. The average Bonchev–Trinajstić information content (AvgIpc) is 2.25. The molecule has 0 aliphatic heterocycles. The van der Waals surface area contributed by atoms with Crippen molar-refractivity contribution in [2.75, 3.05) is 0 Å². The topological polar surface area (TPSA) is 72.2 Å². The van der Waals surface area contributed by atoms with Crippen molar-refractivity contribution in [2.45, 2.75) is 44.2 Å². The predicted molar refractivity (Wildman–Crippen MR) is 76.0 cm³/mol. The molecule has 1 aromatic rings.